The van der Waals surface area contributed by atoms with Gasteiger partial charge in [0.1, 0.15) is 0 Å². The summed E-state index contributed by atoms with van der Waals surface area (Å²) >= 11 is 0. The van der Waals surface area contributed by atoms with Crippen LogP contribution < -0.4 is 5.19 Å². The van der Waals surface area contributed by atoms with Gasteiger partial charge in [-0.3, -0.25) is 4.90 Å². The van der Waals surface area contributed by atoms with Gasteiger partial charge in [-0.05, 0) is 12.5 Å². The van der Waals surface area contributed by atoms with E-state index in [1.54, 1.807) is 5.19 Å². The number of benzene rings is 1. The average Bonchev–Trinajstić information content (AvgIpc) is 2.32. The maximum absolute atomic E-state index is 5.48. The number of hydrogen-bond donors (Lipinski definition) is 0. The van der Waals surface area contributed by atoms with Crippen LogP contribution in [0.2, 0.25) is 19.6 Å². The van der Waals surface area contributed by atoms with Gasteiger partial charge in [0.2, 0.25) is 0 Å². The molecule has 2 nitrogen and oxygen atoms in total. The van der Waals surface area contributed by atoms with E-state index in [2.05, 4.69) is 55.7 Å². The summed E-state index contributed by atoms with van der Waals surface area (Å²) < 4.78 is 5.48. The molecule has 1 heterocycles. The Kier molecular flexibility index (Phi) is 4.25. The maximum atomic E-state index is 5.48. The highest BCUT2D eigenvalue weighted by Crippen LogP contribution is 2.12. The maximum Gasteiger partial charge on any atom is 0.0775 e. The lowest BCUT2D eigenvalue weighted by molar-refractivity contribution is -0.00436. The topological polar surface area (TPSA) is 12.5 Å². The zero-order valence-corrected chi connectivity index (χ0v) is 13.1. The van der Waals surface area contributed by atoms with Gasteiger partial charge in [-0.15, -0.1) is 0 Å². The van der Waals surface area contributed by atoms with Gasteiger partial charge >= 0.3 is 0 Å². The molecule has 0 N–H and O–H groups in total. The monoisotopic (exact) mass is 263 g/mol. The molecule has 1 aliphatic heterocycles. The third-order valence-corrected chi connectivity index (χ3v) is 5.78. The molecule has 1 aliphatic rings. The Hall–Kier alpha value is -0.643. The molecule has 0 spiro atoms. The highest BCUT2D eigenvalue weighted by Gasteiger charge is 2.19. The van der Waals surface area contributed by atoms with Crippen LogP contribution in [0.1, 0.15) is 12.5 Å². The van der Waals surface area contributed by atoms with E-state index in [0.29, 0.717) is 6.04 Å². The van der Waals surface area contributed by atoms with Crippen LogP contribution in [0.5, 0.6) is 0 Å². The standard InChI is InChI=1S/C15H25NOSi/c1-13-12-17-10-9-16(13)11-14-5-7-15(8-6-14)18(2,3)4/h5-8,13H,9-12H2,1-4H3. The summed E-state index contributed by atoms with van der Waals surface area (Å²) in [7, 11) is -1.16. The van der Waals surface area contributed by atoms with Crippen molar-refractivity contribution >= 4 is 13.3 Å². The molecule has 0 aliphatic carbocycles. The number of ether oxygens (including phenoxy) is 1. The second-order valence-corrected chi connectivity index (χ2v) is 11.4. The molecule has 1 saturated heterocycles. The van der Waals surface area contributed by atoms with E-state index in [4.69, 9.17) is 4.74 Å². The van der Waals surface area contributed by atoms with Gasteiger partial charge in [-0.25, -0.2) is 0 Å². The molecule has 1 fully saturated rings. The Morgan fingerprint density at radius 2 is 1.89 bits per heavy atom. The van der Waals surface area contributed by atoms with Crippen molar-refractivity contribution in [2.24, 2.45) is 0 Å². The fourth-order valence-corrected chi connectivity index (χ4v) is 3.51. The summed E-state index contributed by atoms with van der Waals surface area (Å²) in [5.74, 6) is 0. The Balaban J connectivity index is 2.02. The lowest BCUT2D eigenvalue weighted by atomic mass is 10.1. The minimum Gasteiger partial charge on any atom is -0.379 e. The minimum absolute atomic E-state index is 0.537. The van der Waals surface area contributed by atoms with Gasteiger partial charge in [0.05, 0.1) is 21.3 Å². The fraction of sp³-hybridized carbons (Fsp3) is 0.600. The van der Waals surface area contributed by atoms with E-state index in [1.807, 2.05) is 0 Å². The molecular weight excluding hydrogens is 238 g/mol. The predicted octanol–water partition coefficient (Wildman–Crippen LogP) is 2.45. The lowest BCUT2D eigenvalue weighted by Crippen LogP contribution is -2.43. The van der Waals surface area contributed by atoms with E-state index in [-0.39, 0.29) is 0 Å². The quantitative estimate of drug-likeness (QED) is 0.777. The zero-order chi connectivity index (χ0) is 13.2. The summed E-state index contributed by atoms with van der Waals surface area (Å²) in [5, 5.41) is 1.54. The SMILES string of the molecule is CC1COCCN1Cc1ccc([Si](C)(C)C)cc1. The number of hydrogen-bond acceptors (Lipinski definition) is 2. The minimum atomic E-state index is -1.16. The van der Waals surface area contributed by atoms with Crippen LogP contribution in [0.3, 0.4) is 0 Å². The summed E-state index contributed by atoms with van der Waals surface area (Å²) in [6, 6.07) is 9.79. The van der Waals surface area contributed by atoms with Crippen molar-refractivity contribution < 1.29 is 4.74 Å². The van der Waals surface area contributed by atoms with Crippen LogP contribution in [-0.2, 0) is 11.3 Å². The summed E-state index contributed by atoms with van der Waals surface area (Å²) in [4.78, 5) is 2.51. The van der Waals surface area contributed by atoms with E-state index in [9.17, 15) is 0 Å². The second kappa shape index (κ2) is 5.55. The van der Waals surface area contributed by atoms with Crippen molar-refractivity contribution in [2.45, 2.75) is 39.2 Å². The second-order valence-electron chi connectivity index (χ2n) is 6.34. The highest BCUT2D eigenvalue weighted by atomic mass is 28.3. The van der Waals surface area contributed by atoms with Crippen LogP contribution in [0.15, 0.2) is 24.3 Å². The number of nitrogens with zero attached hydrogens (tertiary/aromatic N) is 1. The smallest absolute Gasteiger partial charge is 0.0775 e. The molecule has 100 valence electrons. The molecule has 0 aromatic heterocycles. The molecule has 1 aromatic rings. The lowest BCUT2D eigenvalue weighted by Gasteiger charge is -2.33. The molecule has 1 unspecified atom stereocenters. The van der Waals surface area contributed by atoms with Crippen molar-refractivity contribution in [1.29, 1.82) is 0 Å². The Labute approximate surface area is 112 Å². The molecule has 1 atom stereocenters. The van der Waals surface area contributed by atoms with Crippen LogP contribution >= 0.6 is 0 Å². The van der Waals surface area contributed by atoms with Crippen molar-refractivity contribution in [3.05, 3.63) is 29.8 Å². The van der Waals surface area contributed by atoms with Crippen LogP contribution in [0.25, 0.3) is 0 Å². The highest BCUT2D eigenvalue weighted by molar-refractivity contribution is 6.88. The van der Waals surface area contributed by atoms with Crippen LogP contribution in [0, 0.1) is 0 Å². The molecule has 2 rings (SSSR count). The Morgan fingerprint density at radius 1 is 1.22 bits per heavy atom. The largest absolute Gasteiger partial charge is 0.379 e. The van der Waals surface area contributed by atoms with Crippen LogP contribution in [-0.4, -0.2) is 38.8 Å². The molecule has 1 aromatic carbocycles. The third-order valence-electron chi connectivity index (χ3n) is 3.71. The molecule has 0 radical (unpaired) electrons. The first-order chi connectivity index (χ1) is 8.47. The molecule has 0 saturated carbocycles. The van der Waals surface area contributed by atoms with E-state index < -0.39 is 8.07 Å². The first-order valence-electron chi connectivity index (χ1n) is 6.88. The predicted molar refractivity (Wildman–Crippen MR) is 80.1 cm³/mol. The van der Waals surface area contributed by atoms with Gasteiger partial charge in [-0.1, -0.05) is 49.1 Å². The first kappa shape index (κ1) is 13.8. The Morgan fingerprint density at radius 3 is 2.44 bits per heavy atom. The summed E-state index contributed by atoms with van der Waals surface area (Å²) in [6.45, 7) is 13.3. The summed E-state index contributed by atoms with van der Waals surface area (Å²) in [5.41, 5.74) is 1.42. The number of morpholine rings is 1. The Bertz CT molecular complexity index is 382. The summed E-state index contributed by atoms with van der Waals surface area (Å²) in [6.07, 6.45) is 0. The van der Waals surface area contributed by atoms with Gasteiger partial charge in [0.25, 0.3) is 0 Å². The van der Waals surface area contributed by atoms with Gasteiger partial charge in [0, 0.05) is 19.1 Å². The van der Waals surface area contributed by atoms with Crippen molar-refractivity contribution in [1.82, 2.24) is 4.90 Å². The van der Waals surface area contributed by atoms with Gasteiger partial charge in [-0.2, -0.15) is 0 Å². The van der Waals surface area contributed by atoms with E-state index in [0.717, 1.165) is 26.3 Å². The van der Waals surface area contributed by atoms with Crippen molar-refractivity contribution in [2.75, 3.05) is 19.8 Å². The van der Waals surface area contributed by atoms with Gasteiger partial charge < -0.3 is 4.74 Å². The van der Waals surface area contributed by atoms with E-state index >= 15 is 0 Å². The fourth-order valence-electron chi connectivity index (χ4n) is 2.34. The van der Waals surface area contributed by atoms with E-state index in [1.165, 1.54) is 5.56 Å². The molecule has 0 amide bonds. The molecular formula is C15H25NOSi. The molecule has 18 heavy (non-hydrogen) atoms. The first-order valence-corrected chi connectivity index (χ1v) is 10.4. The normalized spacial score (nSPS) is 22.1. The van der Waals surface area contributed by atoms with Crippen LogP contribution in [0.4, 0.5) is 0 Å². The van der Waals surface area contributed by atoms with Crippen molar-refractivity contribution in [3.8, 4) is 0 Å². The molecule has 0 bridgehead atoms. The average molecular weight is 263 g/mol. The van der Waals surface area contributed by atoms with Gasteiger partial charge in [0.15, 0.2) is 0 Å². The molecule has 3 heteroatoms. The third kappa shape index (κ3) is 3.43. The number of rotatable bonds is 3. The van der Waals surface area contributed by atoms with Crippen molar-refractivity contribution in [3.63, 3.8) is 0 Å². The zero-order valence-electron chi connectivity index (χ0n) is 12.1.